The van der Waals surface area contributed by atoms with Gasteiger partial charge >= 0.3 is 0 Å². The van der Waals surface area contributed by atoms with E-state index >= 15 is 0 Å². The molecular formula is C16H17FN2O. The van der Waals surface area contributed by atoms with E-state index in [9.17, 15) is 9.18 Å². The topological polar surface area (TPSA) is 41.1 Å². The maximum atomic E-state index is 13.4. The third-order valence-electron chi connectivity index (χ3n) is 2.99. The van der Waals surface area contributed by atoms with Gasteiger partial charge in [-0.1, -0.05) is 24.3 Å². The Hall–Kier alpha value is -2.36. The highest BCUT2D eigenvalue weighted by molar-refractivity contribution is 5.96. The van der Waals surface area contributed by atoms with Crippen LogP contribution in [0.4, 0.5) is 15.8 Å². The largest absolute Gasteiger partial charge is 0.374 e. The number of carbonyl (C=O) groups is 1. The van der Waals surface area contributed by atoms with Crippen LogP contribution < -0.4 is 10.6 Å². The number of benzene rings is 2. The Labute approximate surface area is 117 Å². The number of amides is 1. The fourth-order valence-electron chi connectivity index (χ4n) is 1.77. The number of aryl methyl sites for hydroxylation is 1. The Morgan fingerprint density at radius 1 is 1.10 bits per heavy atom. The average molecular weight is 272 g/mol. The maximum absolute atomic E-state index is 13.4. The summed E-state index contributed by atoms with van der Waals surface area (Å²) in [6.07, 6.45) is 0. The minimum atomic E-state index is -0.461. The standard InChI is InChI=1S/C16H17FN2O/c1-11-8-9-14(10-15(11)17)18-12(2)16(20)19-13-6-4-3-5-7-13/h3-10,12,18H,1-2H3,(H,19,20). The Bertz CT molecular complexity index is 599. The van der Waals surface area contributed by atoms with Crippen molar-refractivity contribution in [1.29, 1.82) is 0 Å². The highest BCUT2D eigenvalue weighted by Gasteiger charge is 2.13. The van der Waals surface area contributed by atoms with E-state index in [0.29, 0.717) is 11.3 Å². The number of para-hydroxylation sites is 1. The van der Waals surface area contributed by atoms with E-state index in [4.69, 9.17) is 0 Å². The molecule has 0 saturated carbocycles. The van der Waals surface area contributed by atoms with Crippen LogP contribution in [-0.2, 0) is 4.79 Å². The van der Waals surface area contributed by atoms with Crippen LogP contribution in [0.25, 0.3) is 0 Å². The lowest BCUT2D eigenvalue weighted by molar-refractivity contribution is -0.116. The molecule has 1 atom stereocenters. The lowest BCUT2D eigenvalue weighted by atomic mass is 10.2. The number of carbonyl (C=O) groups excluding carboxylic acids is 1. The van der Waals surface area contributed by atoms with Gasteiger partial charge in [-0.3, -0.25) is 4.79 Å². The summed E-state index contributed by atoms with van der Waals surface area (Å²) >= 11 is 0. The van der Waals surface area contributed by atoms with Gasteiger partial charge in [-0.05, 0) is 43.7 Å². The Morgan fingerprint density at radius 2 is 1.80 bits per heavy atom. The zero-order chi connectivity index (χ0) is 14.5. The second kappa shape index (κ2) is 6.19. The lowest BCUT2D eigenvalue weighted by Crippen LogP contribution is -2.31. The summed E-state index contributed by atoms with van der Waals surface area (Å²) < 4.78 is 13.4. The summed E-state index contributed by atoms with van der Waals surface area (Å²) in [6, 6.07) is 13.6. The van der Waals surface area contributed by atoms with E-state index < -0.39 is 6.04 Å². The zero-order valence-corrected chi connectivity index (χ0v) is 11.5. The molecule has 2 aromatic carbocycles. The van der Waals surface area contributed by atoms with Crippen molar-refractivity contribution in [1.82, 2.24) is 0 Å². The van der Waals surface area contributed by atoms with E-state index in [-0.39, 0.29) is 11.7 Å². The Balaban J connectivity index is 1.98. The first-order valence-corrected chi connectivity index (χ1v) is 6.45. The Morgan fingerprint density at radius 3 is 2.45 bits per heavy atom. The van der Waals surface area contributed by atoms with Gasteiger partial charge in [-0.25, -0.2) is 4.39 Å². The molecule has 0 saturated heterocycles. The SMILES string of the molecule is Cc1ccc(NC(C)C(=O)Nc2ccccc2)cc1F. The van der Waals surface area contributed by atoms with E-state index in [0.717, 1.165) is 5.69 Å². The third-order valence-corrected chi connectivity index (χ3v) is 2.99. The van der Waals surface area contributed by atoms with Crippen LogP contribution in [0.3, 0.4) is 0 Å². The predicted octanol–water partition coefficient (Wildman–Crippen LogP) is 3.57. The van der Waals surface area contributed by atoms with Crippen molar-refractivity contribution < 1.29 is 9.18 Å². The van der Waals surface area contributed by atoms with Crippen LogP contribution in [0, 0.1) is 12.7 Å². The number of hydrogen-bond acceptors (Lipinski definition) is 2. The van der Waals surface area contributed by atoms with Crippen molar-refractivity contribution in [3.63, 3.8) is 0 Å². The molecule has 104 valence electrons. The molecule has 3 nitrogen and oxygen atoms in total. The smallest absolute Gasteiger partial charge is 0.246 e. The molecule has 2 N–H and O–H groups in total. The summed E-state index contributed by atoms with van der Waals surface area (Å²) in [5.41, 5.74) is 1.90. The molecule has 0 aliphatic heterocycles. The normalized spacial score (nSPS) is 11.8. The first-order valence-electron chi connectivity index (χ1n) is 6.45. The van der Waals surface area contributed by atoms with Crippen LogP contribution in [-0.4, -0.2) is 11.9 Å². The second-order valence-corrected chi connectivity index (χ2v) is 4.69. The van der Waals surface area contributed by atoms with Gasteiger partial charge in [0.2, 0.25) is 5.91 Å². The van der Waals surface area contributed by atoms with Crippen molar-refractivity contribution >= 4 is 17.3 Å². The van der Waals surface area contributed by atoms with Gasteiger partial charge in [-0.15, -0.1) is 0 Å². The quantitative estimate of drug-likeness (QED) is 0.893. The van der Waals surface area contributed by atoms with Gasteiger partial charge in [0.05, 0.1) is 0 Å². The maximum Gasteiger partial charge on any atom is 0.246 e. The van der Waals surface area contributed by atoms with E-state index in [1.807, 2.05) is 30.3 Å². The number of anilines is 2. The first kappa shape index (κ1) is 14.1. The average Bonchev–Trinajstić information content (AvgIpc) is 2.44. The second-order valence-electron chi connectivity index (χ2n) is 4.69. The molecule has 1 amide bonds. The molecule has 2 aromatic rings. The third kappa shape index (κ3) is 3.57. The van der Waals surface area contributed by atoms with Crippen LogP contribution in [0.15, 0.2) is 48.5 Å². The molecule has 0 heterocycles. The molecular weight excluding hydrogens is 255 g/mol. The molecule has 0 spiro atoms. The Kier molecular flexibility index (Phi) is 4.35. The van der Waals surface area contributed by atoms with Crippen molar-refractivity contribution in [2.45, 2.75) is 19.9 Å². The molecule has 0 radical (unpaired) electrons. The summed E-state index contributed by atoms with van der Waals surface area (Å²) in [7, 11) is 0. The van der Waals surface area contributed by atoms with Crippen molar-refractivity contribution in [2.75, 3.05) is 10.6 Å². The molecule has 1 unspecified atom stereocenters. The summed E-state index contributed by atoms with van der Waals surface area (Å²) in [4.78, 5) is 12.0. The minimum absolute atomic E-state index is 0.169. The van der Waals surface area contributed by atoms with Crippen molar-refractivity contribution in [2.24, 2.45) is 0 Å². The van der Waals surface area contributed by atoms with Crippen LogP contribution in [0.2, 0.25) is 0 Å². The van der Waals surface area contributed by atoms with Gasteiger partial charge in [0.25, 0.3) is 0 Å². The van der Waals surface area contributed by atoms with Gasteiger partial charge in [0.15, 0.2) is 0 Å². The van der Waals surface area contributed by atoms with Crippen molar-refractivity contribution in [3.05, 3.63) is 59.9 Å². The lowest BCUT2D eigenvalue weighted by Gasteiger charge is -2.15. The number of hydrogen-bond donors (Lipinski definition) is 2. The van der Waals surface area contributed by atoms with E-state index in [1.165, 1.54) is 6.07 Å². The predicted molar refractivity (Wildman–Crippen MR) is 79.3 cm³/mol. The highest BCUT2D eigenvalue weighted by Crippen LogP contribution is 2.15. The molecule has 0 fully saturated rings. The van der Waals surface area contributed by atoms with Gasteiger partial charge in [0.1, 0.15) is 11.9 Å². The van der Waals surface area contributed by atoms with E-state index in [2.05, 4.69) is 10.6 Å². The highest BCUT2D eigenvalue weighted by atomic mass is 19.1. The summed E-state index contributed by atoms with van der Waals surface area (Å²) in [6.45, 7) is 3.43. The molecule has 0 bridgehead atoms. The fourth-order valence-corrected chi connectivity index (χ4v) is 1.77. The van der Waals surface area contributed by atoms with Crippen molar-refractivity contribution in [3.8, 4) is 0 Å². The number of rotatable bonds is 4. The minimum Gasteiger partial charge on any atom is -0.374 e. The fraction of sp³-hybridized carbons (Fsp3) is 0.188. The first-order chi connectivity index (χ1) is 9.56. The van der Waals surface area contributed by atoms with E-state index in [1.54, 1.807) is 26.0 Å². The zero-order valence-electron chi connectivity index (χ0n) is 11.5. The monoisotopic (exact) mass is 272 g/mol. The van der Waals surface area contributed by atoms with Gasteiger partial charge < -0.3 is 10.6 Å². The molecule has 0 aliphatic rings. The van der Waals surface area contributed by atoms with Crippen LogP contribution in [0.1, 0.15) is 12.5 Å². The summed E-state index contributed by atoms with van der Waals surface area (Å²) in [5.74, 6) is -0.456. The molecule has 2 rings (SSSR count). The number of nitrogens with one attached hydrogen (secondary N) is 2. The molecule has 0 aliphatic carbocycles. The summed E-state index contributed by atoms with van der Waals surface area (Å²) in [5, 5.41) is 5.77. The van der Waals surface area contributed by atoms with Gasteiger partial charge in [0, 0.05) is 11.4 Å². The molecule has 20 heavy (non-hydrogen) atoms. The number of halogens is 1. The van der Waals surface area contributed by atoms with Crippen LogP contribution >= 0.6 is 0 Å². The van der Waals surface area contributed by atoms with Gasteiger partial charge in [-0.2, -0.15) is 0 Å². The molecule has 0 aromatic heterocycles. The van der Waals surface area contributed by atoms with Crippen LogP contribution in [0.5, 0.6) is 0 Å². The molecule has 4 heteroatoms.